The maximum absolute atomic E-state index is 7.74. The van der Waals surface area contributed by atoms with E-state index in [1.54, 1.807) is 4.68 Å². The summed E-state index contributed by atoms with van der Waals surface area (Å²) < 4.78 is 7.88. The number of ether oxygens (including phenoxy) is 1. The number of hydrogen-bond acceptors (Lipinski definition) is 3. The maximum atomic E-state index is 7.74. The van der Waals surface area contributed by atoms with Crippen molar-refractivity contribution in [1.29, 1.82) is 5.41 Å². The van der Waals surface area contributed by atoms with E-state index >= 15 is 0 Å². The van der Waals surface area contributed by atoms with E-state index in [1.807, 2.05) is 20.0 Å². The monoisotopic (exact) mass is 284 g/mol. The fraction of sp³-hybridized carbons (Fsp3) is 0.375. The summed E-state index contributed by atoms with van der Waals surface area (Å²) in [5, 5.41) is 12.1. The third kappa shape index (κ3) is 2.39. The molecule has 0 saturated heterocycles. The second-order valence-electron chi connectivity index (χ2n) is 5.50. The van der Waals surface area contributed by atoms with Crippen molar-refractivity contribution in [1.82, 2.24) is 9.78 Å². The van der Waals surface area contributed by atoms with Crippen LogP contribution in [-0.4, -0.2) is 15.6 Å². The first-order chi connectivity index (χ1) is 10.1. The van der Waals surface area contributed by atoms with Gasteiger partial charge in [-0.05, 0) is 37.3 Å². The Labute approximate surface area is 124 Å². The standard InChI is InChI=1S/C16H20N4O/c1-10-14(15(17)18)16(20(2)19-10)21-13-9-5-7-11-6-3-4-8-12(11)13/h3-4,6,8,13H,5,7,9H2,1-2H3,(H3,17,18). The molecule has 0 saturated carbocycles. The summed E-state index contributed by atoms with van der Waals surface area (Å²) in [5.41, 5.74) is 9.58. The molecule has 0 bridgehead atoms. The first-order valence-corrected chi connectivity index (χ1v) is 7.20. The highest BCUT2D eigenvalue weighted by atomic mass is 16.5. The zero-order valence-corrected chi connectivity index (χ0v) is 12.4. The lowest BCUT2D eigenvalue weighted by atomic mass is 9.89. The van der Waals surface area contributed by atoms with Crippen LogP contribution in [-0.2, 0) is 13.5 Å². The van der Waals surface area contributed by atoms with Crippen LogP contribution in [0.25, 0.3) is 0 Å². The van der Waals surface area contributed by atoms with Gasteiger partial charge < -0.3 is 10.5 Å². The van der Waals surface area contributed by atoms with E-state index < -0.39 is 0 Å². The summed E-state index contributed by atoms with van der Waals surface area (Å²) in [6, 6.07) is 8.39. The summed E-state index contributed by atoms with van der Waals surface area (Å²) in [7, 11) is 1.82. The fourth-order valence-electron chi connectivity index (χ4n) is 3.05. The number of rotatable bonds is 3. The number of nitrogens with one attached hydrogen (secondary N) is 1. The second kappa shape index (κ2) is 5.24. The average molecular weight is 284 g/mol. The molecule has 5 heteroatoms. The summed E-state index contributed by atoms with van der Waals surface area (Å²) in [6.45, 7) is 1.85. The lowest BCUT2D eigenvalue weighted by molar-refractivity contribution is 0.167. The molecule has 0 spiro atoms. The van der Waals surface area contributed by atoms with Gasteiger partial charge in [-0.1, -0.05) is 24.3 Å². The molecule has 1 aliphatic carbocycles. The Balaban J connectivity index is 1.97. The predicted molar refractivity (Wildman–Crippen MR) is 81.7 cm³/mol. The van der Waals surface area contributed by atoms with Crippen molar-refractivity contribution in [2.75, 3.05) is 0 Å². The first-order valence-electron chi connectivity index (χ1n) is 7.20. The van der Waals surface area contributed by atoms with Crippen molar-refractivity contribution in [2.24, 2.45) is 12.8 Å². The molecule has 3 rings (SSSR count). The number of fused-ring (bicyclic) bond motifs is 1. The van der Waals surface area contributed by atoms with E-state index in [9.17, 15) is 0 Å². The zero-order chi connectivity index (χ0) is 15.0. The minimum atomic E-state index is -0.000283. The van der Waals surface area contributed by atoms with Gasteiger partial charge in [0.1, 0.15) is 17.5 Å². The summed E-state index contributed by atoms with van der Waals surface area (Å²) in [6.07, 6.45) is 3.18. The van der Waals surface area contributed by atoms with E-state index in [-0.39, 0.29) is 11.9 Å². The molecule has 21 heavy (non-hydrogen) atoms. The number of aromatic nitrogens is 2. The van der Waals surface area contributed by atoms with Crippen LogP contribution in [0.2, 0.25) is 0 Å². The molecule has 0 aliphatic heterocycles. The molecule has 0 radical (unpaired) electrons. The van der Waals surface area contributed by atoms with Gasteiger partial charge in [-0.3, -0.25) is 5.41 Å². The molecule has 3 N–H and O–H groups in total. The highest BCUT2D eigenvalue weighted by molar-refractivity contribution is 5.98. The molecule has 1 heterocycles. The van der Waals surface area contributed by atoms with Crippen LogP contribution in [0.3, 0.4) is 0 Å². The number of benzene rings is 1. The highest BCUT2D eigenvalue weighted by Crippen LogP contribution is 2.35. The SMILES string of the molecule is Cc1nn(C)c(OC2CCCc3ccccc32)c1C(=N)N. The van der Waals surface area contributed by atoms with Crippen molar-refractivity contribution in [2.45, 2.75) is 32.3 Å². The lowest BCUT2D eigenvalue weighted by Crippen LogP contribution is -2.19. The summed E-state index contributed by atoms with van der Waals surface area (Å²) >= 11 is 0. The molecular formula is C16H20N4O. The van der Waals surface area contributed by atoms with Crippen LogP contribution < -0.4 is 10.5 Å². The number of amidine groups is 1. The van der Waals surface area contributed by atoms with Gasteiger partial charge in [-0.15, -0.1) is 0 Å². The Morgan fingerprint density at radius 3 is 2.95 bits per heavy atom. The zero-order valence-electron chi connectivity index (χ0n) is 12.4. The van der Waals surface area contributed by atoms with Gasteiger partial charge in [0.05, 0.1) is 5.69 Å². The van der Waals surface area contributed by atoms with Crippen molar-refractivity contribution in [3.8, 4) is 5.88 Å². The minimum absolute atomic E-state index is 0.000283. The largest absolute Gasteiger partial charge is 0.469 e. The van der Waals surface area contributed by atoms with Crippen LogP contribution >= 0.6 is 0 Å². The molecule has 5 nitrogen and oxygen atoms in total. The summed E-state index contributed by atoms with van der Waals surface area (Å²) in [4.78, 5) is 0. The Kier molecular flexibility index (Phi) is 3.41. The molecule has 0 fully saturated rings. The normalized spacial score (nSPS) is 17.3. The minimum Gasteiger partial charge on any atom is -0.469 e. The Morgan fingerprint density at radius 2 is 2.19 bits per heavy atom. The van der Waals surface area contributed by atoms with Crippen molar-refractivity contribution >= 4 is 5.84 Å². The van der Waals surface area contributed by atoms with Crippen LogP contribution in [0.5, 0.6) is 5.88 Å². The van der Waals surface area contributed by atoms with Gasteiger partial charge in [0.15, 0.2) is 0 Å². The Bertz CT molecular complexity index is 690. The van der Waals surface area contributed by atoms with Gasteiger partial charge in [0, 0.05) is 7.05 Å². The van der Waals surface area contributed by atoms with Crippen LogP contribution in [0.4, 0.5) is 0 Å². The molecule has 1 aliphatic rings. The predicted octanol–water partition coefficient (Wildman–Crippen LogP) is 2.47. The lowest BCUT2D eigenvalue weighted by Gasteiger charge is -2.26. The third-order valence-corrected chi connectivity index (χ3v) is 4.01. The van der Waals surface area contributed by atoms with Crippen molar-refractivity contribution < 1.29 is 4.74 Å². The van der Waals surface area contributed by atoms with Gasteiger partial charge in [0.25, 0.3) is 0 Å². The van der Waals surface area contributed by atoms with E-state index in [2.05, 4.69) is 23.3 Å². The molecule has 1 aromatic carbocycles. The molecule has 1 aromatic heterocycles. The molecular weight excluding hydrogens is 264 g/mol. The number of nitrogens with two attached hydrogens (primary N) is 1. The fourth-order valence-corrected chi connectivity index (χ4v) is 3.05. The van der Waals surface area contributed by atoms with Gasteiger partial charge in [0.2, 0.25) is 5.88 Å². The van der Waals surface area contributed by atoms with Gasteiger partial charge in [-0.25, -0.2) is 4.68 Å². The smallest absolute Gasteiger partial charge is 0.223 e. The average Bonchev–Trinajstić information content (AvgIpc) is 2.73. The number of nitrogen functional groups attached to an aromatic ring is 1. The third-order valence-electron chi connectivity index (χ3n) is 4.01. The van der Waals surface area contributed by atoms with E-state index in [0.717, 1.165) is 25.0 Å². The van der Waals surface area contributed by atoms with Crippen LogP contribution in [0.15, 0.2) is 24.3 Å². The Hall–Kier alpha value is -2.30. The maximum Gasteiger partial charge on any atom is 0.223 e. The second-order valence-corrected chi connectivity index (χ2v) is 5.50. The van der Waals surface area contributed by atoms with Crippen LogP contribution in [0.1, 0.15) is 41.3 Å². The molecule has 1 atom stereocenters. The quantitative estimate of drug-likeness (QED) is 0.671. The van der Waals surface area contributed by atoms with Gasteiger partial charge in [-0.2, -0.15) is 5.10 Å². The molecule has 0 amide bonds. The topological polar surface area (TPSA) is 76.9 Å². The molecule has 110 valence electrons. The highest BCUT2D eigenvalue weighted by Gasteiger charge is 2.25. The van der Waals surface area contributed by atoms with Crippen molar-refractivity contribution in [3.05, 3.63) is 46.6 Å². The number of hydrogen-bond donors (Lipinski definition) is 2. The summed E-state index contributed by atoms with van der Waals surface area (Å²) in [5.74, 6) is 0.585. The van der Waals surface area contributed by atoms with E-state index in [0.29, 0.717) is 11.4 Å². The van der Waals surface area contributed by atoms with E-state index in [4.69, 9.17) is 15.9 Å². The molecule has 2 aromatic rings. The molecule has 1 unspecified atom stereocenters. The number of aryl methyl sites for hydroxylation is 3. The first kappa shape index (κ1) is 13.7. The van der Waals surface area contributed by atoms with Crippen molar-refractivity contribution in [3.63, 3.8) is 0 Å². The van der Waals surface area contributed by atoms with E-state index in [1.165, 1.54) is 11.1 Å². The van der Waals surface area contributed by atoms with Crippen LogP contribution in [0, 0.1) is 12.3 Å². The Morgan fingerprint density at radius 1 is 1.43 bits per heavy atom. The van der Waals surface area contributed by atoms with Gasteiger partial charge >= 0.3 is 0 Å². The number of nitrogens with zero attached hydrogens (tertiary/aromatic N) is 2.